The zero-order chi connectivity index (χ0) is 11.7. The van der Waals surface area contributed by atoms with E-state index in [9.17, 15) is 13.5 Å². The first-order valence-electron chi connectivity index (χ1n) is 5.25. The van der Waals surface area contributed by atoms with E-state index in [-0.39, 0.29) is 18.9 Å². The molecular weight excluding hydrogens is 218 g/mol. The van der Waals surface area contributed by atoms with Gasteiger partial charge in [-0.15, -0.1) is 0 Å². The summed E-state index contributed by atoms with van der Waals surface area (Å²) in [5.41, 5.74) is 0. The Morgan fingerprint density at radius 2 is 2.07 bits per heavy atom. The van der Waals surface area contributed by atoms with E-state index in [1.807, 2.05) is 13.8 Å². The summed E-state index contributed by atoms with van der Waals surface area (Å²) in [6.07, 6.45) is 0.657. The molecule has 92 valence electrons. The molecule has 0 radical (unpaired) electrons. The van der Waals surface area contributed by atoms with Crippen LogP contribution in [-0.2, 0) is 14.8 Å². The number of aliphatic hydroxyl groups is 1. The van der Waals surface area contributed by atoms with Gasteiger partial charge in [0.1, 0.15) is 0 Å². The van der Waals surface area contributed by atoms with Crippen LogP contribution >= 0.6 is 0 Å². The lowest BCUT2D eigenvalue weighted by atomic mass is 10.2. The van der Waals surface area contributed by atoms with Gasteiger partial charge in [0.2, 0.25) is 10.0 Å². The Kier molecular flexibility index (Phi) is 7.95. The van der Waals surface area contributed by atoms with E-state index in [0.29, 0.717) is 19.4 Å². The highest BCUT2D eigenvalue weighted by Gasteiger charge is 2.10. The Hall–Kier alpha value is -0.170. The highest BCUT2D eigenvalue weighted by Crippen LogP contribution is 1.95. The second kappa shape index (κ2) is 8.04. The Bertz CT molecular complexity index is 240. The maximum Gasteiger partial charge on any atom is 0.213 e. The number of hydrogen-bond acceptors (Lipinski definition) is 4. The summed E-state index contributed by atoms with van der Waals surface area (Å²) in [5, 5.41) is 9.21. The Balaban J connectivity index is 3.65. The Morgan fingerprint density at radius 1 is 1.40 bits per heavy atom. The van der Waals surface area contributed by atoms with E-state index in [1.54, 1.807) is 0 Å². The van der Waals surface area contributed by atoms with E-state index >= 15 is 0 Å². The Labute approximate surface area is 91.9 Å². The van der Waals surface area contributed by atoms with Gasteiger partial charge in [0.05, 0.1) is 18.5 Å². The predicted octanol–water partition coefficient (Wildman–Crippen LogP) is 0.103. The molecule has 0 aliphatic rings. The van der Waals surface area contributed by atoms with E-state index in [1.165, 1.54) is 0 Å². The summed E-state index contributed by atoms with van der Waals surface area (Å²) >= 11 is 0. The molecule has 0 amide bonds. The van der Waals surface area contributed by atoms with Gasteiger partial charge in [-0.3, -0.25) is 0 Å². The van der Waals surface area contributed by atoms with Crippen LogP contribution in [0.3, 0.4) is 0 Å². The first-order chi connectivity index (χ1) is 7.02. The van der Waals surface area contributed by atoms with Crippen molar-refractivity contribution in [2.24, 2.45) is 0 Å². The third kappa shape index (κ3) is 8.80. The molecule has 6 heteroatoms. The van der Waals surface area contributed by atoms with Crippen LogP contribution in [0.2, 0.25) is 0 Å². The maximum absolute atomic E-state index is 11.3. The van der Waals surface area contributed by atoms with Crippen molar-refractivity contribution in [3.8, 4) is 0 Å². The van der Waals surface area contributed by atoms with Crippen LogP contribution in [0.5, 0.6) is 0 Å². The zero-order valence-corrected chi connectivity index (χ0v) is 10.2. The molecule has 0 aliphatic heterocycles. The molecule has 2 N–H and O–H groups in total. The zero-order valence-electron chi connectivity index (χ0n) is 9.40. The van der Waals surface area contributed by atoms with Crippen molar-refractivity contribution in [2.45, 2.75) is 32.8 Å². The molecule has 0 aromatic carbocycles. The lowest BCUT2D eigenvalue weighted by Gasteiger charge is -2.09. The number of rotatable bonds is 9. The predicted molar refractivity (Wildman–Crippen MR) is 59.2 cm³/mol. The van der Waals surface area contributed by atoms with Crippen LogP contribution in [0, 0.1) is 0 Å². The lowest BCUT2D eigenvalue weighted by Crippen LogP contribution is -2.30. The van der Waals surface area contributed by atoms with Gasteiger partial charge in [0, 0.05) is 13.2 Å². The molecule has 5 nitrogen and oxygen atoms in total. The summed E-state index contributed by atoms with van der Waals surface area (Å²) in [6.45, 7) is 4.68. The van der Waals surface area contributed by atoms with Crippen LogP contribution in [0.25, 0.3) is 0 Å². The summed E-state index contributed by atoms with van der Waals surface area (Å²) < 4.78 is 30.0. The number of ether oxygens (including phenoxy) is 1. The minimum Gasteiger partial charge on any atom is -0.393 e. The van der Waals surface area contributed by atoms with Gasteiger partial charge < -0.3 is 9.84 Å². The van der Waals surface area contributed by atoms with Gasteiger partial charge in [0.15, 0.2) is 0 Å². The highest BCUT2D eigenvalue weighted by atomic mass is 32.2. The van der Waals surface area contributed by atoms with Gasteiger partial charge in [-0.1, -0.05) is 6.92 Å². The van der Waals surface area contributed by atoms with Crippen molar-refractivity contribution in [1.29, 1.82) is 0 Å². The number of hydrogen-bond donors (Lipinski definition) is 2. The fourth-order valence-corrected chi connectivity index (χ4v) is 1.88. The quantitative estimate of drug-likeness (QED) is 0.560. The van der Waals surface area contributed by atoms with Crippen LogP contribution < -0.4 is 4.72 Å². The maximum atomic E-state index is 11.3. The SMILES string of the molecule is CCOCCS(=O)(=O)NCCC(O)CC. The van der Waals surface area contributed by atoms with Gasteiger partial charge in [-0.2, -0.15) is 0 Å². The fourth-order valence-electron chi connectivity index (χ4n) is 0.970. The van der Waals surface area contributed by atoms with E-state index in [4.69, 9.17) is 4.74 Å². The molecule has 1 atom stereocenters. The second-order valence-corrected chi connectivity index (χ2v) is 5.19. The molecule has 0 spiro atoms. The molecule has 0 heterocycles. The van der Waals surface area contributed by atoms with Gasteiger partial charge in [-0.05, 0) is 19.8 Å². The normalized spacial score (nSPS) is 14.1. The van der Waals surface area contributed by atoms with Crippen molar-refractivity contribution in [3.05, 3.63) is 0 Å². The third-order valence-electron chi connectivity index (χ3n) is 1.97. The van der Waals surface area contributed by atoms with E-state index in [2.05, 4.69) is 4.72 Å². The van der Waals surface area contributed by atoms with Crippen molar-refractivity contribution >= 4 is 10.0 Å². The van der Waals surface area contributed by atoms with Crippen LogP contribution in [0.1, 0.15) is 26.7 Å². The molecule has 0 rings (SSSR count). The standard InChI is InChI=1S/C9H21NO4S/c1-3-9(11)5-6-10-15(12,13)8-7-14-4-2/h9-11H,3-8H2,1-2H3. The van der Waals surface area contributed by atoms with E-state index < -0.39 is 16.1 Å². The fraction of sp³-hybridized carbons (Fsp3) is 1.00. The van der Waals surface area contributed by atoms with Gasteiger partial charge in [0.25, 0.3) is 0 Å². The van der Waals surface area contributed by atoms with Crippen molar-refractivity contribution in [3.63, 3.8) is 0 Å². The van der Waals surface area contributed by atoms with Gasteiger partial charge in [-0.25, -0.2) is 13.1 Å². The van der Waals surface area contributed by atoms with Crippen LogP contribution in [-0.4, -0.2) is 45.1 Å². The number of sulfonamides is 1. The molecule has 15 heavy (non-hydrogen) atoms. The number of aliphatic hydroxyl groups excluding tert-OH is 1. The lowest BCUT2D eigenvalue weighted by molar-refractivity contribution is 0.160. The Morgan fingerprint density at radius 3 is 2.60 bits per heavy atom. The molecule has 0 aromatic heterocycles. The van der Waals surface area contributed by atoms with E-state index in [0.717, 1.165) is 0 Å². The molecule has 0 aromatic rings. The summed E-state index contributed by atoms with van der Waals surface area (Å²) in [4.78, 5) is 0. The second-order valence-electron chi connectivity index (χ2n) is 3.26. The third-order valence-corrected chi connectivity index (χ3v) is 3.32. The summed E-state index contributed by atoms with van der Waals surface area (Å²) in [5.74, 6) is -0.0247. The minimum atomic E-state index is -3.24. The topological polar surface area (TPSA) is 75.6 Å². The average molecular weight is 239 g/mol. The summed E-state index contributed by atoms with van der Waals surface area (Å²) in [7, 11) is -3.24. The molecule has 0 aliphatic carbocycles. The van der Waals surface area contributed by atoms with Crippen molar-refractivity contribution in [1.82, 2.24) is 4.72 Å². The first kappa shape index (κ1) is 14.8. The van der Waals surface area contributed by atoms with Crippen molar-refractivity contribution < 1.29 is 18.3 Å². The average Bonchev–Trinajstić information content (AvgIpc) is 2.17. The number of nitrogens with one attached hydrogen (secondary N) is 1. The molecule has 0 saturated heterocycles. The largest absolute Gasteiger partial charge is 0.393 e. The summed E-state index contributed by atoms with van der Waals surface area (Å²) in [6, 6.07) is 0. The highest BCUT2D eigenvalue weighted by molar-refractivity contribution is 7.89. The van der Waals surface area contributed by atoms with Crippen molar-refractivity contribution in [2.75, 3.05) is 25.5 Å². The molecule has 0 fully saturated rings. The van der Waals surface area contributed by atoms with Crippen LogP contribution in [0.4, 0.5) is 0 Å². The minimum absolute atomic E-state index is 0.0247. The molecule has 1 unspecified atom stereocenters. The van der Waals surface area contributed by atoms with Gasteiger partial charge >= 0.3 is 0 Å². The monoisotopic (exact) mass is 239 g/mol. The first-order valence-corrected chi connectivity index (χ1v) is 6.90. The van der Waals surface area contributed by atoms with Crippen LogP contribution in [0.15, 0.2) is 0 Å². The molecular formula is C9H21NO4S. The smallest absolute Gasteiger partial charge is 0.213 e. The molecule has 0 saturated carbocycles. The molecule has 0 bridgehead atoms.